The highest BCUT2D eigenvalue weighted by atomic mass is 32.2. The lowest BCUT2D eigenvalue weighted by atomic mass is 9.78. The number of hydrogen-bond donors (Lipinski definition) is 1. The van der Waals surface area contributed by atoms with Crippen LogP contribution in [0.3, 0.4) is 0 Å². The molecule has 1 saturated heterocycles. The number of benzene rings is 1. The molecule has 4 nitrogen and oxygen atoms in total. The summed E-state index contributed by atoms with van der Waals surface area (Å²) in [7, 11) is 0. The Morgan fingerprint density at radius 1 is 0.967 bits per heavy atom. The summed E-state index contributed by atoms with van der Waals surface area (Å²) in [5.74, 6) is 0.202. The van der Waals surface area contributed by atoms with Crippen LogP contribution < -0.4 is 5.01 Å². The lowest BCUT2D eigenvalue weighted by molar-refractivity contribution is -0.114. The molecule has 0 atom stereocenters. The second-order valence-electron chi connectivity index (χ2n) is 9.89. The lowest BCUT2D eigenvalue weighted by Crippen LogP contribution is -2.39. The maximum absolute atomic E-state index is 13.2. The Morgan fingerprint density at radius 3 is 1.87 bits per heavy atom. The van der Waals surface area contributed by atoms with Crippen molar-refractivity contribution < 1.29 is 9.90 Å². The highest BCUT2D eigenvalue weighted by Gasteiger charge is 2.35. The van der Waals surface area contributed by atoms with Crippen molar-refractivity contribution >= 4 is 40.3 Å². The van der Waals surface area contributed by atoms with Crippen LogP contribution in [0.1, 0.15) is 69.6 Å². The molecule has 0 spiro atoms. The molecule has 1 aromatic heterocycles. The molecule has 0 unspecified atom stereocenters. The van der Waals surface area contributed by atoms with E-state index in [0.29, 0.717) is 15.0 Å². The van der Waals surface area contributed by atoms with Gasteiger partial charge in [-0.15, -0.1) is 0 Å². The Morgan fingerprint density at radius 2 is 1.43 bits per heavy atom. The van der Waals surface area contributed by atoms with Gasteiger partial charge in [0.25, 0.3) is 5.91 Å². The molecule has 1 amide bonds. The molecule has 1 N–H and O–H groups in total. The molecule has 0 radical (unpaired) electrons. The smallest absolute Gasteiger partial charge is 0.285 e. The third-order valence-corrected chi connectivity index (χ3v) is 6.54. The molecule has 1 aromatic carbocycles. The molecule has 3 rings (SSSR count). The van der Waals surface area contributed by atoms with Gasteiger partial charge in [0.2, 0.25) is 0 Å². The molecular weight excluding hydrogens is 412 g/mol. The first kappa shape index (κ1) is 22.6. The van der Waals surface area contributed by atoms with Crippen molar-refractivity contribution in [3.05, 3.63) is 57.2 Å². The molecule has 2 aromatic rings. The van der Waals surface area contributed by atoms with Gasteiger partial charge in [-0.05, 0) is 72.8 Å². The Bertz CT molecular complexity index is 1010. The van der Waals surface area contributed by atoms with Crippen LogP contribution in [0.5, 0.6) is 5.75 Å². The van der Waals surface area contributed by atoms with Crippen molar-refractivity contribution in [1.82, 2.24) is 4.68 Å². The number of rotatable bonds is 2. The van der Waals surface area contributed by atoms with Gasteiger partial charge in [0.15, 0.2) is 4.32 Å². The van der Waals surface area contributed by atoms with E-state index in [1.54, 1.807) is 5.01 Å². The van der Waals surface area contributed by atoms with Crippen LogP contribution in [0.25, 0.3) is 6.08 Å². The number of phenolic OH excluding ortho intramolecular Hbond substituents is 1. The number of thiocarbonyl (C=S) groups is 1. The topological polar surface area (TPSA) is 45.5 Å². The first-order valence-corrected chi connectivity index (χ1v) is 11.3. The summed E-state index contributed by atoms with van der Waals surface area (Å²) in [4.78, 5) is 13.8. The lowest BCUT2D eigenvalue weighted by Gasteiger charge is -2.28. The SMILES string of the molecule is Cc1ccc(C)n1N1C(=O)/C(=C/c2cc(C(C)(C)C)c(O)c(C(C)(C)C)c2)SC1=S. The number of carbonyl (C=O) groups excluding carboxylic acids is 1. The molecule has 0 bridgehead atoms. The van der Waals surface area contributed by atoms with Gasteiger partial charge in [-0.25, -0.2) is 0 Å². The van der Waals surface area contributed by atoms with E-state index in [2.05, 4.69) is 41.5 Å². The number of aromatic nitrogens is 1. The van der Waals surface area contributed by atoms with E-state index in [9.17, 15) is 9.90 Å². The Balaban J connectivity index is 2.11. The standard InChI is InChI=1S/C24H30N2O2S2/c1-14-9-10-15(2)25(14)26-21(28)19(30-22(26)29)13-16-11-17(23(3,4)5)20(27)18(12-16)24(6,7)8/h9-13,27H,1-8H3/b19-13-. The van der Waals surface area contributed by atoms with Gasteiger partial charge in [-0.1, -0.05) is 53.3 Å². The molecule has 160 valence electrons. The summed E-state index contributed by atoms with van der Waals surface area (Å²) in [6.07, 6.45) is 1.89. The van der Waals surface area contributed by atoms with Gasteiger partial charge in [-0.2, -0.15) is 5.01 Å². The normalized spacial score (nSPS) is 16.8. The number of thioether (sulfide) groups is 1. The molecule has 0 saturated carbocycles. The summed E-state index contributed by atoms with van der Waals surface area (Å²) >= 11 is 6.84. The van der Waals surface area contributed by atoms with Crippen LogP contribution in [-0.2, 0) is 15.6 Å². The van der Waals surface area contributed by atoms with Crippen molar-refractivity contribution in [2.24, 2.45) is 0 Å². The Kier molecular flexibility index (Phi) is 5.71. The number of phenols is 1. The molecule has 1 fully saturated rings. The van der Waals surface area contributed by atoms with Crippen molar-refractivity contribution in [3.63, 3.8) is 0 Å². The number of aryl methyl sites for hydroxylation is 2. The molecule has 1 aliphatic heterocycles. The van der Waals surface area contributed by atoms with E-state index in [1.165, 1.54) is 11.8 Å². The molecule has 2 heterocycles. The summed E-state index contributed by atoms with van der Waals surface area (Å²) in [5, 5.41) is 12.5. The van der Waals surface area contributed by atoms with E-state index < -0.39 is 0 Å². The van der Waals surface area contributed by atoms with E-state index in [-0.39, 0.29) is 16.7 Å². The fraction of sp³-hybridized carbons (Fsp3) is 0.417. The minimum Gasteiger partial charge on any atom is -0.507 e. The summed E-state index contributed by atoms with van der Waals surface area (Å²) in [5.41, 5.74) is 4.09. The van der Waals surface area contributed by atoms with Crippen LogP contribution in [0.2, 0.25) is 0 Å². The van der Waals surface area contributed by atoms with Crippen LogP contribution in [-0.4, -0.2) is 20.0 Å². The highest BCUT2D eigenvalue weighted by Crippen LogP contribution is 2.41. The summed E-state index contributed by atoms with van der Waals surface area (Å²) < 4.78 is 2.37. The van der Waals surface area contributed by atoms with Crippen molar-refractivity contribution in [2.45, 2.75) is 66.2 Å². The number of carbonyl (C=O) groups is 1. The van der Waals surface area contributed by atoms with Crippen LogP contribution >= 0.6 is 24.0 Å². The zero-order valence-electron chi connectivity index (χ0n) is 19.0. The number of nitrogens with zero attached hydrogens (tertiary/aromatic N) is 2. The Hall–Kier alpha value is -2.05. The highest BCUT2D eigenvalue weighted by molar-refractivity contribution is 8.27. The van der Waals surface area contributed by atoms with Gasteiger partial charge >= 0.3 is 0 Å². The quantitative estimate of drug-likeness (QED) is 0.462. The van der Waals surface area contributed by atoms with E-state index in [0.717, 1.165) is 28.1 Å². The minimum atomic E-state index is -0.230. The molecule has 1 aliphatic rings. The van der Waals surface area contributed by atoms with Gasteiger partial charge in [0, 0.05) is 22.5 Å². The first-order chi connectivity index (χ1) is 13.7. The molecule has 0 aliphatic carbocycles. The van der Waals surface area contributed by atoms with Crippen molar-refractivity contribution in [2.75, 3.05) is 5.01 Å². The molecular formula is C24H30N2O2S2. The van der Waals surface area contributed by atoms with Gasteiger partial charge < -0.3 is 5.11 Å². The second-order valence-corrected chi connectivity index (χ2v) is 11.6. The average molecular weight is 443 g/mol. The second kappa shape index (κ2) is 7.57. The predicted octanol–water partition coefficient (Wildman–Crippen LogP) is 5.94. The maximum atomic E-state index is 13.2. The largest absolute Gasteiger partial charge is 0.507 e. The summed E-state index contributed by atoms with van der Waals surface area (Å²) in [6, 6.07) is 7.90. The minimum absolute atomic E-state index is 0.130. The van der Waals surface area contributed by atoms with Crippen LogP contribution in [0.15, 0.2) is 29.2 Å². The molecule has 30 heavy (non-hydrogen) atoms. The fourth-order valence-electron chi connectivity index (χ4n) is 3.64. The first-order valence-electron chi connectivity index (χ1n) is 10.0. The number of aromatic hydroxyl groups is 1. The third kappa shape index (κ3) is 4.08. The zero-order valence-corrected chi connectivity index (χ0v) is 20.6. The third-order valence-electron chi connectivity index (χ3n) is 5.25. The van der Waals surface area contributed by atoms with Crippen molar-refractivity contribution in [3.8, 4) is 5.75 Å². The Labute approximate surface area is 188 Å². The number of amides is 1. The van der Waals surface area contributed by atoms with E-state index in [4.69, 9.17) is 12.2 Å². The summed E-state index contributed by atoms with van der Waals surface area (Å²) in [6.45, 7) is 16.4. The van der Waals surface area contributed by atoms with Gasteiger partial charge in [0.05, 0.1) is 4.91 Å². The predicted molar refractivity (Wildman–Crippen MR) is 131 cm³/mol. The monoisotopic (exact) mass is 442 g/mol. The van der Waals surface area contributed by atoms with Crippen LogP contribution in [0.4, 0.5) is 0 Å². The van der Waals surface area contributed by atoms with Crippen LogP contribution in [0, 0.1) is 13.8 Å². The van der Waals surface area contributed by atoms with E-state index in [1.807, 2.05) is 48.9 Å². The molecule has 6 heteroatoms. The van der Waals surface area contributed by atoms with Gasteiger partial charge in [-0.3, -0.25) is 9.47 Å². The maximum Gasteiger partial charge on any atom is 0.285 e. The van der Waals surface area contributed by atoms with Crippen molar-refractivity contribution in [1.29, 1.82) is 0 Å². The fourth-order valence-corrected chi connectivity index (χ4v) is 4.88. The zero-order chi connectivity index (χ0) is 22.6. The average Bonchev–Trinajstić information content (AvgIpc) is 3.06. The van der Waals surface area contributed by atoms with E-state index >= 15 is 0 Å². The van der Waals surface area contributed by atoms with Gasteiger partial charge in [0.1, 0.15) is 5.75 Å². The number of hydrogen-bond acceptors (Lipinski definition) is 4.